The number of esters is 1. The van der Waals surface area contributed by atoms with Gasteiger partial charge in [0.2, 0.25) is 0 Å². The highest BCUT2D eigenvalue weighted by Gasteiger charge is 2.31. The van der Waals surface area contributed by atoms with Crippen LogP contribution in [0.15, 0.2) is 53.1 Å². The molecule has 1 aliphatic heterocycles. The van der Waals surface area contributed by atoms with Gasteiger partial charge in [0.1, 0.15) is 4.88 Å². The number of thiazole rings is 1. The maximum Gasteiger partial charge on any atom is 0.308 e. The summed E-state index contributed by atoms with van der Waals surface area (Å²) in [6, 6.07) is 13.3. The molecule has 1 fully saturated rings. The van der Waals surface area contributed by atoms with E-state index in [2.05, 4.69) is 0 Å². The molecule has 0 radical (unpaired) electrons. The molecule has 28 heavy (non-hydrogen) atoms. The molecule has 1 aliphatic rings. The molecule has 3 aromatic rings. The van der Waals surface area contributed by atoms with Gasteiger partial charge in [0, 0.05) is 18.7 Å². The van der Waals surface area contributed by atoms with Crippen LogP contribution in [-0.4, -0.2) is 42.0 Å². The quantitative estimate of drug-likeness (QED) is 0.621. The van der Waals surface area contributed by atoms with Gasteiger partial charge in [-0.05, 0) is 25.0 Å². The summed E-state index contributed by atoms with van der Waals surface area (Å²) >= 11 is 1.34. The number of ether oxygens (including phenoxy) is 1. The van der Waals surface area contributed by atoms with Gasteiger partial charge in [0.15, 0.2) is 10.8 Å². The standard InChI is InChI=1S/C21H20N2O4S/c1-26-21(25)15-9-11-23(12-10-15)20(24)18-17(14-6-3-2-4-7-14)22-19(28-18)16-8-5-13-27-16/h2-8,13,15H,9-12H2,1H3. The number of rotatable bonds is 4. The van der Waals surface area contributed by atoms with Gasteiger partial charge in [0.25, 0.3) is 5.91 Å². The Labute approximate surface area is 166 Å². The average Bonchev–Trinajstić information content (AvgIpc) is 3.43. The second-order valence-corrected chi connectivity index (χ2v) is 7.63. The highest BCUT2D eigenvalue weighted by molar-refractivity contribution is 7.17. The zero-order valence-corrected chi connectivity index (χ0v) is 16.3. The molecule has 0 bridgehead atoms. The van der Waals surface area contributed by atoms with E-state index in [1.165, 1.54) is 18.4 Å². The van der Waals surface area contributed by atoms with E-state index in [0.717, 1.165) is 5.56 Å². The number of hydrogen-bond acceptors (Lipinski definition) is 6. The maximum absolute atomic E-state index is 13.3. The smallest absolute Gasteiger partial charge is 0.308 e. The Bertz CT molecular complexity index is 958. The van der Waals surface area contributed by atoms with E-state index in [9.17, 15) is 9.59 Å². The molecule has 0 N–H and O–H groups in total. The van der Waals surface area contributed by atoms with Crippen molar-refractivity contribution in [2.75, 3.05) is 20.2 Å². The first-order chi connectivity index (χ1) is 13.7. The highest BCUT2D eigenvalue weighted by Crippen LogP contribution is 2.35. The number of furan rings is 1. The molecule has 1 amide bonds. The fourth-order valence-corrected chi connectivity index (χ4v) is 4.41. The minimum absolute atomic E-state index is 0.0579. The maximum atomic E-state index is 13.3. The average molecular weight is 396 g/mol. The number of piperidine rings is 1. The third-order valence-corrected chi connectivity index (χ3v) is 5.98. The van der Waals surface area contributed by atoms with Gasteiger partial charge in [-0.25, -0.2) is 4.98 Å². The van der Waals surface area contributed by atoms with Gasteiger partial charge >= 0.3 is 5.97 Å². The largest absolute Gasteiger partial charge is 0.469 e. The molecule has 4 rings (SSSR count). The topological polar surface area (TPSA) is 72.6 Å². The summed E-state index contributed by atoms with van der Waals surface area (Å²) in [6.07, 6.45) is 2.82. The molecular weight excluding hydrogens is 376 g/mol. The van der Waals surface area contributed by atoms with Gasteiger partial charge in [-0.15, -0.1) is 11.3 Å². The predicted octanol–water partition coefficient (Wildman–Crippen LogP) is 4.10. The fourth-order valence-electron chi connectivity index (χ4n) is 3.39. The molecule has 0 atom stereocenters. The summed E-state index contributed by atoms with van der Waals surface area (Å²) in [6.45, 7) is 1.06. The van der Waals surface area contributed by atoms with Crippen molar-refractivity contribution in [3.05, 3.63) is 53.6 Å². The number of amides is 1. The summed E-state index contributed by atoms with van der Waals surface area (Å²) < 4.78 is 10.3. The van der Waals surface area contributed by atoms with Crippen molar-refractivity contribution in [3.8, 4) is 22.0 Å². The zero-order valence-electron chi connectivity index (χ0n) is 15.5. The second kappa shape index (κ2) is 7.98. The van der Waals surface area contributed by atoms with E-state index in [1.54, 1.807) is 17.2 Å². The number of hydrogen-bond donors (Lipinski definition) is 0. The Hall–Kier alpha value is -2.93. The molecule has 0 aliphatic carbocycles. The molecule has 144 valence electrons. The lowest BCUT2D eigenvalue weighted by molar-refractivity contribution is -0.146. The lowest BCUT2D eigenvalue weighted by Gasteiger charge is -2.30. The van der Waals surface area contributed by atoms with Crippen LogP contribution >= 0.6 is 11.3 Å². The summed E-state index contributed by atoms with van der Waals surface area (Å²) in [5.41, 5.74) is 1.56. The SMILES string of the molecule is COC(=O)C1CCN(C(=O)c2sc(-c3ccco3)nc2-c2ccccc2)CC1. The minimum Gasteiger partial charge on any atom is -0.469 e. The molecule has 6 nitrogen and oxygen atoms in total. The van der Waals surface area contributed by atoms with Crippen LogP contribution in [0.4, 0.5) is 0 Å². The third kappa shape index (κ3) is 3.57. The van der Waals surface area contributed by atoms with Crippen molar-refractivity contribution >= 4 is 23.2 Å². The van der Waals surface area contributed by atoms with E-state index >= 15 is 0 Å². The Morgan fingerprint density at radius 3 is 2.54 bits per heavy atom. The van der Waals surface area contributed by atoms with Crippen LogP contribution in [0, 0.1) is 5.92 Å². The molecule has 0 spiro atoms. The number of methoxy groups -OCH3 is 1. The molecule has 7 heteroatoms. The van der Waals surface area contributed by atoms with Gasteiger partial charge in [-0.3, -0.25) is 9.59 Å². The number of carbonyl (C=O) groups excluding carboxylic acids is 2. The van der Waals surface area contributed by atoms with Crippen LogP contribution in [0.5, 0.6) is 0 Å². The number of aromatic nitrogens is 1. The van der Waals surface area contributed by atoms with Crippen LogP contribution in [-0.2, 0) is 9.53 Å². The van der Waals surface area contributed by atoms with E-state index < -0.39 is 0 Å². The fraction of sp³-hybridized carbons (Fsp3) is 0.286. The van der Waals surface area contributed by atoms with Crippen LogP contribution in [0.2, 0.25) is 0 Å². The van der Waals surface area contributed by atoms with Crippen molar-refractivity contribution in [1.82, 2.24) is 9.88 Å². The van der Waals surface area contributed by atoms with Gasteiger partial charge in [-0.1, -0.05) is 30.3 Å². The Balaban J connectivity index is 1.63. The van der Waals surface area contributed by atoms with Crippen molar-refractivity contribution in [2.24, 2.45) is 5.92 Å². The first-order valence-electron chi connectivity index (χ1n) is 9.14. The third-order valence-electron chi connectivity index (χ3n) is 4.92. The molecular formula is C21H20N2O4S. The predicted molar refractivity (Wildman–Crippen MR) is 106 cm³/mol. The van der Waals surface area contributed by atoms with Crippen molar-refractivity contribution in [1.29, 1.82) is 0 Å². The van der Waals surface area contributed by atoms with Crippen LogP contribution in [0.25, 0.3) is 22.0 Å². The molecule has 2 aromatic heterocycles. The van der Waals surface area contributed by atoms with Crippen molar-refractivity contribution in [2.45, 2.75) is 12.8 Å². The molecule has 3 heterocycles. The number of benzene rings is 1. The summed E-state index contributed by atoms with van der Waals surface area (Å²) in [5.74, 6) is 0.251. The number of carbonyl (C=O) groups is 2. The first kappa shape index (κ1) is 18.4. The highest BCUT2D eigenvalue weighted by atomic mass is 32.1. The van der Waals surface area contributed by atoms with Gasteiger partial charge < -0.3 is 14.1 Å². The zero-order chi connectivity index (χ0) is 19.5. The number of nitrogens with zero attached hydrogens (tertiary/aromatic N) is 2. The van der Waals surface area contributed by atoms with E-state index in [1.807, 2.05) is 36.4 Å². The van der Waals surface area contributed by atoms with Crippen LogP contribution in [0.1, 0.15) is 22.5 Å². The molecule has 1 aromatic carbocycles. The second-order valence-electron chi connectivity index (χ2n) is 6.63. The van der Waals surface area contributed by atoms with Crippen LogP contribution in [0.3, 0.4) is 0 Å². The lowest BCUT2D eigenvalue weighted by Crippen LogP contribution is -2.40. The monoisotopic (exact) mass is 396 g/mol. The number of likely N-dealkylation sites (tertiary alicyclic amines) is 1. The van der Waals surface area contributed by atoms with Crippen molar-refractivity contribution in [3.63, 3.8) is 0 Å². The van der Waals surface area contributed by atoms with E-state index in [0.29, 0.717) is 47.3 Å². The van der Waals surface area contributed by atoms with Crippen molar-refractivity contribution < 1.29 is 18.7 Å². The molecule has 0 saturated carbocycles. The summed E-state index contributed by atoms with van der Waals surface area (Å²) in [5, 5.41) is 0.677. The van der Waals surface area contributed by atoms with E-state index in [-0.39, 0.29) is 17.8 Å². The normalized spacial score (nSPS) is 14.8. The summed E-state index contributed by atoms with van der Waals surface area (Å²) in [7, 11) is 1.40. The lowest BCUT2D eigenvalue weighted by atomic mass is 9.97. The van der Waals surface area contributed by atoms with E-state index in [4.69, 9.17) is 14.1 Å². The molecule has 0 unspecified atom stereocenters. The van der Waals surface area contributed by atoms with Gasteiger partial charge in [0.05, 0.1) is 25.0 Å². The Morgan fingerprint density at radius 2 is 1.89 bits per heavy atom. The Morgan fingerprint density at radius 1 is 1.14 bits per heavy atom. The first-order valence-corrected chi connectivity index (χ1v) is 9.96. The summed E-state index contributed by atoms with van der Waals surface area (Å²) in [4.78, 5) is 32.1. The van der Waals surface area contributed by atoms with Crippen LogP contribution < -0.4 is 0 Å². The minimum atomic E-state index is -0.199. The van der Waals surface area contributed by atoms with Gasteiger partial charge in [-0.2, -0.15) is 0 Å². The Kier molecular flexibility index (Phi) is 5.25. The molecule has 1 saturated heterocycles.